The molecule has 0 heterocycles. The van der Waals surface area contributed by atoms with E-state index in [4.69, 9.17) is 13.8 Å². The van der Waals surface area contributed by atoms with Crippen LogP contribution in [0.2, 0.25) is 0 Å². The molecule has 1 N–H and O–H groups in total. The molecule has 74 heavy (non-hydrogen) atoms. The molecule has 0 saturated heterocycles. The fourth-order valence-corrected chi connectivity index (χ4v) is 9.28. The van der Waals surface area contributed by atoms with Crippen LogP contribution in [0.1, 0.15) is 271 Å². The molecular weight excluding hydrogens is 940 g/mol. The van der Waals surface area contributed by atoms with Crippen molar-refractivity contribution < 1.29 is 37.3 Å². The zero-order valence-electron chi connectivity index (χ0n) is 49.0. The Morgan fingerprint density at radius 2 is 0.824 bits per heavy atom. The molecule has 0 aromatic carbocycles. The minimum atomic E-state index is -4.70. The zero-order valence-corrected chi connectivity index (χ0v) is 49.9. The highest BCUT2D eigenvalue weighted by Gasteiger charge is 2.27. The molecule has 0 rings (SSSR count). The summed E-state index contributed by atoms with van der Waals surface area (Å²) in [5.74, 6) is -0.571. The van der Waals surface area contributed by atoms with Crippen molar-refractivity contribution in [1.29, 1.82) is 0 Å². The molecular formula is C64H117N2O7P. The molecule has 3 atom stereocenters. The second-order valence-corrected chi connectivity index (χ2v) is 23.3. The molecule has 0 aliphatic heterocycles. The lowest BCUT2D eigenvalue weighted by Crippen LogP contribution is -2.47. The number of nitrogens with zero attached hydrogens (tertiary/aromatic N) is 1. The molecule has 0 bridgehead atoms. The average Bonchev–Trinajstić information content (AvgIpc) is 3.36. The molecule has 0 radical (unpaired) electrons. The molecule has 430 valence electrons. The third-order valence-electron chi connectivity index (χ3n) is 13.4. The van der Waals surface area contributed by atoms with Gasteiger partial charge in [0.2, 0.25) is 5.91 Å². The van der Waals surface area contributed by atoms with Gasteiger partial charge in [-0.2, -0.15) is 0 Å². The van der Waals surface area contributed by atoms with Crippen molar-refractivity contribution in [1.82, 2.24) is 5.32 Å². The SMILES string of the molecule is CCCCC/C=C\C/C=C\C/C=C\C/C=C\CCCCCCCCCC(=O)OC(/C=C\CCCCCCCCCCC)C(COP(=O)([O-])OCC[N+](C)(C)C)NC(=O)CCCCC/C=C\CCCCCCCCC. The quantitative estimate of drug-likeness (QED) is 0.0212. The van der Waals surface area contributed by atoms with Gasteiger partial charge in [-0.15, -0.1) is 0 Å². The Hall–Kier alpha value is -2.55. The monoisotopic (exact) mass is 1060 g/mol. The summed E-state index contributed by atoms with van der Waals surface area (Å²) < 4.78 is 30.2. The van der Waals surface area contributed by atoms with Crippen molar-refractivity contribution >= 4 is 19.7 Å². The van der Waals surface area contributed by atoms with Crippen molar-refractivity contribution in [2.24, 2.45) is 0 Å². The molecule has 0 fully saturated rings. The first kappa shape index (κ1) is 71.5. The van der Waals surface area contributed by atoms with Gasteiger partial charge in [-0.25, -0.2) is 0 Å². The maximum absolute atomic E-state index is 13.5. The Balaban J connectivity index is 5.22. The molecule has 0 aromatic rings. The number of nitrogens with one attached hydrogen (secondary N) is 1. The summed E-state index contributed by atoms with van der Waals surface area (Å²) in [4.78, 5) is 39.9. The number of likely N-dealkylation sites (N-methyl/N-ethyl adjacent to an activating group) is 1. The molecule has 0 saturated carbocycles. The van der Waals surface area contributed by atoms with Crippen molar-refractivity contribution in [2.45, 2.75) is 283 Å². The van der Waals surface area contributed by atoms with Gasteiger partial charge in [0.25, 0.3) is 7.82 Å². The van der Waals surface area contributed by atoms with Crippen LogP contribution in [-0.2, 0) is 27.9 Å². The number of carbonyl (C=O) groups is 2. The molecule has 9 nitrogen and oxygen atoms in total. The van der Waals surface area contributed by atoms with E-state index in [1.807, 2.05) is 33.3 Å². The van der Waals surface area contributed by atoms with Gasteiger partial charge in [-0.05, 0) is 102 Å². The summed E-state index contributed by atoms with van der Waals surface area (Å²) in [6, 6.07) is -0.902. The second-order valence-electron chi connectivity index (χ2n) is 21.8. The van der Waals surface area contributed by atoms with E-state index in [0.29, 0.717) is 30.3 Å². The number of carbonyl (C=O) groups excluding carboxylic acids is 2. The Labute approximate surface area is 457 Å². The van der Waals surface area contributed by atoms with Crippen LogP contribution in [0.25, 0.3) is 0 Å². The molecule has 0 aromatic heterocycles. The summed E-state index contributed by atoms with van der Waals surface area (Å²) in [5.41, 5.74) is 0. The van der Waals surface area contributed by atoms with Gasteiger partial charge in [0.05, 0.1) is 33.8 Å². The Morgan fingerprint density at radius 1 is 0.473 bits per heavy atom. The molecule has 0 aliphatic carbocycles. The number of phosphoric ester groups is 1. The highest BCUT2D eigenvalue weighted by Crippen LogP contribution is 2.38. The number of rotatable bonds is 55. The fraction of sp³-hybridized carbons (Fsp3) is 0.781. The van der Waals surface area contributed by atoms with Gasteiger partial charge >= 0.3 is 5.97 Å². The summed E-state index contributed by atoms with van der Waals surface area (Å²) in [6.45, 7) is 6.79. The van der Waals surface area contributed by atoms with Crippen LogP contribution >= 0.6 is 7.82 Å². The van der Waals surface area contributed by atoms with Crippen LogP contribution in [0.5, 0.6) is 0 Å². The number of ether oxygens (including phenoxy) is 1. The van der Waals surface area contributed by atoms with E-state index in [2.05, 4.69) is 86.8 Å². The predicted octanol–water partition coefficient (Wildman–Crippen LogP) is 18.2. The number of esters is 1. The highest BCUT2D eigenvalue weighted by atomic mass is 31.2. The Kier molecular flexibility index (Phi) is 52.0. The topological polar surface area (TPSA) is 114 Å². The number of phosphoric acid groups is 1. The molecule has 10 heteroatoms. The standard InChI is InChI=1S/C64H117N2O7P/c1-7-10-13-16-19-22-25-27-29-30-31-32-33-34-35-36-37-39-42-45-48-51-54-57-64(68)73-62(55-52-49-46-43-40-24-21-18-15-12-9-3)61(60-72-74(69,70)71-59-58-66(4,5)6)65-63(67)56-53-50-47-44-41-38-28-26-23-20-17-14-11-8-2/h19,22,27,29,31-32,34-35,38,41,52,55,61-62H,7-18,20-21,23-26,28,30,33,36-37,39-40,42-51,53-54,56-60H2,1-6H3,(H-,65,67,69,70)/b22-19-,29-27-,32-31-,35-34-,41-38-,55-52-. The van der Waals surface area contributed by atoms with E-state index < -0.39 is 26.6 Å². The van der Waals surface area contributed by atoms with Gasteiger partial charge in [0.15, 0.2) is 0 Å². The van der Waals surface area contributed by atoms with Gasteiger partial charge in [0.1, 0.15) is 19.3 Å². The summed E-state index contributed by atoms with van der Waals surface area (Å²) in [6.07, 6.45) is 68.7. The number of unbranched alkanes of at least 4 members (excludes halogenated alkanes) is 29. The lowest BCUT2D eigenvalue weighted by Gasteiger charge is -2.30. The normalized spacial score (nSPS) is 14.2. The van der Waals surface area contributed by atoms with E-state index in [9.17, 15) is 19.0 Å². The van der Waals surface area contributed by atoms with Crippen LogP contribution < -0.4 is 10.2 Å². The van der Waals surface area contributed by atoms with Crippen molar-refractivity contribution in [3.05, 3.63) is 72.9 Å². The Morgan fingerprint density at radius 3 is 1.28 bits per heavy atom. The van der Waals surface area contributed by atoms with E-state index in [-0.39, 0.29) is 24.9 Å². The minimum absolute atomic E-state index is 0.0290. The molecule has 3 unspecified atom stereocenters. The number of quaternary nitrogens is 1. The van der Waals surface area contributed by atoms with Crippen molar-refractivity contribution in [3.8, 4) is 0 Å². The maximum atomic E-state index is 13.5. The molecule has 0 spiro atoms. The largest absolute Gasteiger partial charge is 0.756 e. The summed E-state index contributed by atoms with van der Waals surface area (Å²) in [5, 5.41) is 3.01. The van der Waals surface area contributed by atoms with E-state index >= 15 is 0 Å². The summed E-state index contributed by atoms with van der Waals surface area (Å²) in [7, 11) is 1.16. The number of amides is 1. The third-order valence-corrected chi connectivity index (χ3v) is 14.3. The van der Waals surface area contributed by atoms with Crippen LogP contribution in [0.4, 0.5) is 0 Å². The van der Waals surface area contributed by atoms with Gasteiger partial charge in [-0.1, -0.05) is 229 Å². The van der Waals surface area contributed by atoms with E-state index in [0.717, 1.165) is 89.9 Å². The number of hydrogen-bond donors (Lipinski definition) is 1. The van der Waals surface area contributed by atoms with Gasteiger partial charge in [-0.3, -0.25) is 14.2 Å². The summed E-state index contributed by atoms with van der Waals surface area (Å²) >= 11 is 0. The Bertz CT molecular complexity index is 1500. The smallest absolute Gasteiger partial charge is 0.306 e. The van der Waals surface area contributed by atoms with Crippen LogP contribution in [0.15, 0.2) is 72.9 Å². The van der Waals surface area contributed by atoms with E-state index in [1.165, 1.54) is 135 Å². The minimum Gasteiger partial charge on any atom is -0.756 e. The first-order valence-corrected chi connectivity index (χ1v) is 32.2. The lowest BCUT2D eigenvalue weighted by atomic mass is 10.1. The first-order valence-electron chi connectivity index (χ1n) is 30.7. The maximum Gasteiger partial charge on any atom is 0.306 e. The van der Waals surface area contributed by atoms with Crippen molar-refractivity contribution in [3.63, 3.8) is 0 Å². The second kappa shape index (κ2) is 53.8. The van der Waals surface area contributed by atoms with Crippen molar-refractivity contribution in [2.75, 3.05) is 40.9 Å². The van der Waals surface area contributed by atoms with Gasteiger partial charge < -0.3 is 28.5 Å². The highest BCUT2D eigenvalue weighted by molar-refractivity contribution is 7.45. The lowest BCUT2D eigenvalue weighted by molar-refractivity contribution is -0.870. The third kappa shape index (κ3) is 54.2. The predicted molar refractivity (Wildman–Crippen MR) is 316 cm³/mol. The first-order chi connectivity index (χ1) is 35.9. The zero-order chi connectivity index (χ0) is 54.3. The molecule has 1 amide bonds. The van der Waals surface area contributed by atoms with Crippen LogP contribution in [0, 0.1) is 0 Å². The average molecular weight is 1060 g/mol. The van der Waals surface area contributed by atoms with Crippen LogP contribution in [-0.4, -0.2) is 69.4 Å². The van der Waals surface area contributed by atoms with E-state index in [1.54, 1.807) is 0 Å². The van der Waals surface area contributed by atoms with Gasteiger partial charge in [0, 0.05) is 12.8 Å². The molecule has 0 aliphatic rings. The number of allylic oxidation sites excluding steroid dienone is 11. The van der Waals surface area contributed by atoms with Crippen LogP contribution in [0.3, 0.4) is 0 Å². The fourth-order valence-electron chi connectivity index (χ4n) is 8.56. The number of hydrogen-bond acceptors (Lipinski definition) is 7.